The quantitative estimate of drug-likeness (QED) is 0.648. The Labute approximate surface area is 70.5 Å². The van der Waals surface area contributed by atoms with Crippen LogP contribution in [0.2, 0.25) is 0 Å². The molecule has 0 atom stereocenters. The molecule has 2 heteroatoms. The highest BCUT2D eigenvalue weighted by Gasteiger charge is 1.95. The summed E-state index contributed by atoms with van der Waals surface area (Å²) in [6, 6.07) is 9.45. The number of benzene rings is 1. The molecule has 0 aromatic heterocycles. The van der Waals surface area contributed by atoms with Crippen LogP contribution < -0.4 is 0 Å². The van der Waals surface area contributed by atoms with Crippen molar-refractivity contribution in [2.45, 2.75) is 12.8 Å². The average molecular weight is 168 g/mol. The van der Waals surface area contributed by atoms with Crippen molar-refractivity contribution in [3.63, 3.8) is 0 Å². The molecule has 0 amide bonds. The Bertz CT molecular complexity index is 252. The van der Waals surface area contributed by atoms with Crippen molar-refractivity contribution < 1.29 is 8.78 Å². The van der Waals surface area contributed by atoms with Gasteiger partial charge in [-0.25, -0.2) is 8.78 Å². The summed E-state index contributed by atoms with van der Waals surface area (Å²) >= 11 is 0. The third-order valence-electron chi connectivity index (χ3n) is 1.61. The van der Waals surface area contributed by atoms with Crippen molar-refractivity contribution in [1.29, 1.82) is 0 Å². The van der Waals surface area contributed by atoms with E-state index < -0.39 is 5.83 Å². The van der Waals surface area contributed by atoms with Crippen LogP contribution in [0, 0.1) is 0 Å². The fourth-order valence-electron chi connectivity index (χ4n) is 0.963. The minimum atomic E-state index is -0.696. The van der Waals surface area contributed by atoms with Gasteiger partial charge in [0.25, 0.3) is 0 Å². The second-order valence-electron chi connectivity index (χ2n) is 2.54. The number of hydrogen-bond donors (Lipinski definition) is 0. The molecule has 0 aliphatic rings. The lowest BCUT2D eigenvalue weighted by molar-refractivity contribution is 0.546. The molecule has 0 nitrogen and oxygen atoms in total. The Kier molecular flexibility index (Phi) is 3.45. The smallest absolute Gasteiger partial charge is 0.128 e. The molecule has 1 aromatic rings. The number of aryl methyl sites for hydroxylation is 1. The second kappa shape index (κ2) is 4.65. The van der Waals surface area contributed by atoms with E-state index in [2.05, 4.69) is 0 Å². The molecule has 64 valence electrons. The topological polar surface area (TPSA) is 0 Å². The van der Waals surface area contributed by atoms with Crippen LogP contribution in [0.3, 0.4) is 0 Å². The van der Waals surface area contributed by atoms with Gasteiger partial charge in [-0.05, 0) is 12.0 Å². The molecule has 12 heavy (non-hydrogen) atoms. The zero-order valence-electron chi connectivity index (χ0n) is 6.63. The second-order valence-corrected chi connectivity index (χ2v) is 2.54. The van der Waals surface area contributed by atoms with E-state index in [4.69, 9.17) is 0 Å². The highest BCUT2D eigenvalue weighted by atomic mass is 19.2. The summed E-state index contributed by atoms with van der Waals surface area (Å²) in [7, 11) is 0. The largest absolute Gasteiger partial charge is 0.213 e. The highest BCUT2D eigenvalue weighted by Crippen LogP contribution is 2.09. The summed E-state index contributed by atoms with van der Waals surface area (Å²) < 4.78 is 23.9. The van der Waals surface area contributed by atoms with Crippen LogP contribution in [0.4, 0.5) is 8.78 Å². The first-order valence-electron chi connectivity index (χ1n) is 3.81. The fraction of sp³-hybridized carbons (Fsp3) is 0.200. The minimum absolute atomic E-state index is 0.0168. The maximum absolute atomic E-state index is 12.3. The van der Waals surface area contributed by atoms with Gasteiger partial charge in [-0.2, -0.15) is 0 Å². The van der Waals surface area contributed by atoms with Gasteiger partial charge in [0.1, 0.15) is 12.2 Å². The predicted molar refractivity (Wildman–Crippen MR) is 45.1 cm³/mol. The number of halogens is 2. The molecule has 0 aliphatic carbocycles. The molecule has 0 heterocycles. The maximum Gasteiger partial charge on any atom is 0.128 e. The van der Waals surface area contributed by atoms with Crippen molar-refractivity contribution in [1.82, 2.24) is 0 Å². The van der Waals surface area contributed by atoms with E-state index in [-0.39, 0.29) is 12.8 Å². The number of rotatable bonds is 3. The maximum atomic E-state index is 12.3. The summed E-state index contributed by atoms with van der Waals surface area (Å²) in [5.41, 5.74) is 1.02. The van der Waals surface area contributed by atoms with Crippen molar-refractivity contribution in [2.24, 2.45) is 0 Å². The molecule has 0 N–H and O–H groups in total. The van der Waals surface area contributed by atoms with Crippen LogP contribution in [0.25, 0.3) is 0 Å². The van der Waals surface area contributed by atoms with Gasteiger partial charge in [-0.3, -0.25) is 0 Å². The Morgan fingerprint density at radius 3 is 2.50 bits per heavy atom. The summed E-state index contributed by atoms with van der Waals surface area (Å²) in [6.07, 6.45) is 0.705. The third-order valence-corrected chi connectivity index (χ3v) is 1.61. The highest BCUT2D eigenvalue weighted by molar-refractivity contribution is 5.15. The van der Waals surface area contributed by atoms with Gasteiger partial charge in [0.15, 0.2) is 0 Å². The van der Waals surface area contributed by atoms with Gasteiger partial charge in [0.2, 0.25) is 0 Å². The molecule has 0 unspecified atom stereocenters. The van der Waals surface area contributed by atoms with E-state index in [1.807, 2.05) is 30.3 Å². The van der Waals surface area contributed by atoms with E-state index in [0.717, 1.165) is 5.56 Å². The zero-order chi connectivity index (χ0) is 8.81. The molecule has 0 spiro atoms. The Morgan fingerprint density at radius 1 is 1.25 bits per heavy atom. The summed E-state index contributed by atoms with van der Waals surface area (Å²) in [5, 5.41) is 0. The monoisotopic (exact) mass is 168 g/mol. The van der Waals surface area contributed by atoms with E-state index in [1.165, 1.54) is 0 Å². The lowest BCUT2D eigenvalue weighted by atomic mass is 10.1. The zero-order valence-corrected chi connectivity index (χ0v) is 6.63. The van der Waals surface area contributed by atoms with Crippen LogP contribution in [0.15, 0.2) is 42.5 Å². The van der Waals surface area contributed by atoms with E-state index >= 15 is 0 Å². The van der Waals surface area contributed by atoms with Crippen LogP contribution in [-0.2, 0) is 6.42 Å². The first-order valence-corrected chi connectivity index (χ1v) is 3.81. The van der Waals surface area contributed by atoms with Gasteiger partial charge in [-0.1, -0.05) is 30.3 Å². The van der Waals surface area contributed by atoms with Gasteiger partial charge in [0, 0.05) is 6.42 Å². The molecule has 0 saturated heterocycles. The molecule has 0 saturated carbocycles. The number of hydrogen-bond acceptors (Lipinski definition) is 0. The standard InChI is InChI=1S/C10H10F2/c11-8-10(12)7-6-9-4-2-1-3-5-9/h1-5,8H,6-7H2. The molecule has 1 aromatic carbocycles. The summed E-state index contributed by atoms with van der Waals surface area (Å²) in [5.74, 6) is -0.696. The predicted octanol–water partition coefficient (Wildman–Crippen LogP) is 3.40. The molecule has 0 bridgehead atoms. The SMILES string of the molecule is FC=C(F)CCc1ccccc1. The minimum Gasteiger partial charge on any atom is -0.213 e. The molecular weight excluding hydrogens is 158 g/mol. The van der Waals surface area contributed by atoms with Crippen LogP contribution in [0.5, 0.6) is 0 Å². The lowest BCUT2D eigenvalue weighted by Gasteiger charge is -1.97. The van der Waals surface area contributed by atoms with E-state index in [9.17, 15) is 8.78 Å². The molecular formula is C10H10F2. The van der Waals surface area contributed by atoms with Crippen LogP contribution in [-0.4, -0.2) is 0 Å². The molecule has 0 aliphatic heterocycles. The first kappa shape index (κ1) is 8.91. The van der Waals surface area contributed by atoms with E-state index in [1.54, 1.807) is 0 Å². The first-order chi connectivity index (χ1) is 5.83. The number of allylic oxidation sites excluding steroid dienone is 1. The van der Waals surface area contributed by atoms with E-state index in [0.29, 0.717) is 6.42 Å². The molecule has 0 fully saturated rings. The Hall–Kier alpha value is -1.18. The Balaban J connectivity index is 2.44. The van der Waals surface area contributed by atoms with Gasteiger partial charge >= 0.3 is 0 Å². The van der Waals surface area contributed by atoms with Gasteiger partial charge in [-0.15, -0.1) is 0 Å². The Morgan fingerprint density at radius 2 is 1.92 bits per heavy atom. The van der Waals surface area contributed by atoms with Gasteiger partial charge in [0.05, 0.1) is 0 Å². The average Bonchev–Trinajstić information content (AvgIpc) is 2.16. The van der Waals surface area contributed by atoms with Gasteiger partial charge < -0.3 is 0 Å². The molecule has 1 rings (SSSR count). The summed E-state index contributed by atoms with van der Waals surface area (Å²) in [4.78, 5) is 0. The van der Waals surface area contributed by atoms with Crippen LogP contribution in [0.1, 0.15) is 12.0 Å². The van der Waals surface area contributed by atoms with Crippen molar-refractivity contribution >= 4 is 0 Å². The lowest BCUT2D eigenvalue weighted by Crippen LogP contribution is -1.84. The third kappa shape index (κ3) is 2.82. The van der Waals surface area contributed by atoms with Crippen molar-refractivity contribution in [3.8, 4) is 0 Å². The van der Waals surface area contributed by atoms with Crippen molar-refractivity contribution in [3.05, 3.63) is 48.1 Å². The normalized spacial score (nSPS) is 11.7. The van der Waals surface area contributed by atoms with Crippen LogP contribution >= 0.6 is 0 Å². The summed E-state index contributed by atoms with van der Waals surface area (Å²) in [6.45, 7) is 0. The van der Waals surface area contributed by atoms with Crippen molar-refractivity contribution in [2.75, 3.05) is 0 Å². The molecule has 0 radical (unpaired) electrons. The fourth-order valence-corrected chi connectivity index (χ4v) is 0.963.